The van der Waals surface area contributed by atoms with Crippen LogP contribution in [-0.2, 0) is 13.8 Å². The lowest BCUT2D eigenvalue weighted by Gasteiger charge is -2.14. The van der Waals surface area contributed by atoms with Crippen LogP contribution < -0.4 is 4.90 Å². The Labute approximate surface area is 109 Å². The lowest BCUT2D eigenvalue weighted by molar-refractivity contribution is -0.117. The van der Waals surface area contributed by atoms with Crippen LogP contribution >= 0.6 is 10.7 Å². The van der Waals surface area contributed by atoms with Gasteiger partial charge in [-0.3, -0.25) is 9.69 Å². The highest BCUT2D eigenvalue weighted by Gasteiger charge is 2.39. The van der Waals surface area contributed by atoms with Crippen LogP contribution in [0.1, 0.15) is 18.1 Å². The Bertz CT molecular complexity index is 584. The zero-order valence-electron chi connectivity index (χ0n) is 9.79. The maximum Gasteiger partial charge on any atom is 0.237 e. The van der Waals surface area contributed by atoms with E-state index in [2.05, 4.69) is 15.0 Å². The van der Waals surface area contributed by atoms with E-state index >= 15 is 0 Å². The number of carbonyl (C=O) groups excluding carboxylic acids is 1. The van der Waals surface area contributed by atoms with Gasteiger partial charge in [0, 0.05) is 23.6 Å². The summed E-state index contributed by atoms with van der Waals surface area (Å²) in [5.41, 5.74) is 0. The van der Waals surface area contributed by atoms with Crippen molar-refractivity contribution in [3.05, 3.63) is 11.6 Å². The third-order valence-corrected chi connectivity index (χ3v) is 4.44. The predicted octanol–water partition coefficient (Wildman–Crippen LogP) is 0.162. The zero-order chi connectivity index (χ0) is 13.5. The van der Waals surface area contributed by atoms with Crippen molar-refractivity contribution in [3.63, 3.8) is 0 Å². The van der Waals surface area contributed by atoms with E-state index in [1.54, 1.807) is 13.8 Å². The lowest BCUT2D eigenvalue weighted by Crippen LogP contribution is -2.29. The highest BCUT2D eigenvalue weighted by atomic mass is 35.7. The van der Waals surface area contributed by atoms with E-state index < -0.39 is 14.3 Å². The van der Waals surface area contributed by atoms with Gasteiger partial charge < -0.3 is 0 Å². The molecule has 1 amide bonds. The number of anilines is 1. The maximum atomic E-state index is 11.8. The third kappa shape index (κ3) is 2.59. The molecule has 7 nitrogen and oxygen atoms in total. The zero-order valence-corrected chi connectivity index (χ0v) is 11.4. The molecule has 1 saturated heterocycles. The third-order valence-electron chi connectivity index (χ3n) is 2.58. The van der Waals surface area contributed by atoms with E-state index in [-0.39, 0.29) is 24.8 Å². The first-order chi connectivity index (χ1) is 8.27. The van der Waals surface area contributed by atoms with Crippen molar-refractivity contribution in [2.45, 2.75) is 25.5 Å². The molecule has 0 N–H and O–H groups in total. The fraction of sp³-hybridized carbons (Fsp3) is 0.556. The van der Waals surface area contributed by atoms with Gasteiger partial charge in [-0.05, 0) is 13.8 Å². The number of aromatic nitrogens is 3. The fourth-order valence-corrected chi connectivity index (χ4v) is 2.80. The average Bonchev–Trinajstić information content (AvgIpc) is 2.58. The largest absolute Gasteiger partial charge is 0.279 e. The molecular weight excluding hydrogens is 280 g/mol. The predicted molar refractivity (Wildman–Crippen MR) is 64.8 cm³/mol. The Morgan fingerprint density at radius 2 is 1.78 bits per heavy atom. The van der Waals surface area contributed by atoms with Crippen molar-refractivity contribution in [3.8, 4) is 0 Å². The molecule has 9 heteroatoms. The van der Waals surface area contributed by atoms with E-state index in [4.69, 9.17) is 10.7 Å². The molecule has 0 bridgehead atoms. The molecule has 1 unspecified atom stereocenters. The minimum Gasteiger partial charge on any atom is -0.279 e. The van der Waals surface area contributed by atoms with Gasteiger partial charge in [0.25, 0.3) is 0 Å². The fourth-order valence-electron chi connectivity index (χ4n) is 1.78. The van der Waals surface area contributed by atoms with Gasteiger partial charge in [0.1, 0.15) is 16.9 Å². The number of rotatable bonds is 2. The summed E-state index contributed by atoms with van der Waals surface area (Å²) < 4.78 is 22.4. The Morgan fingerprint density at radius 3 is 2.22 bits per heavy atom. The Hall–Kier alpha value is -1.28. The molecular formula is C9H11ClN4O3S. The summed E-state index contributed by atoms with van der Waals surface area (Å²) in [7, 11) is 1.50. The SMILES string of the molecule is Cc1nc(C)nc(N2CC(S(=O)(=O)Cl)CC2=O)n1. The summed E-state index contributed by atoms with van der Waals surface area (Å²) >= 11 is 0. The number of hydrogen-bond donors (Lipinski definition) is 0. The van der Waals surface area contributed by atoms with Gasteiger partial charge in [-0.15, -0.1) is 0 Å². The molecule has 2 heterocycles. The van der Waals surface area contributed by atoms with Gasteiger partial charge in [-0.2, -0.15) is 9.97 Å². The Morgan fingerprint density at radius 1 is 1.22 bits per heavy atom. The molecule has 98 valence electrons. The average molecular weight is 291 g/mol. The standard InChI is InChI=1S/C9H11ClN4O3S/c1-5-11-6(2)13-9(12-5)14-4-7(3-8(14)15)18(10,16)17/h7H,3-4H2,1-2H3. The highest BCUT2D eigenvalue weighted by Crippen LogP contribution is 2.24. The first kappa shape index (κ1) is 13.2. The quantitative estimate of drug-likeness (QED) is 0.721. The summed E-state index contributed by atoms with van der Waals surface area (Å²) in [4.78, 5) is 25.0. The van der Waals surface area contributed by atoms with Crippen LogP contribution in [0.3, 0.4) is 0 Å². The monoisotopic (exact) mass is 290 g/mol. The molecule has 1 aromatic rings. The van der Waals surface area contributed by atoms with Gasteiger partial charge in [0.2, 0.25) is 20.9 Å². The molecule has 1 atom stereocenters. The van der Waals surface area contributed by atoms with Crippen LogP contribution in [0.5, 0.6) is 0 Å². The molecule has 1 fully saturated rings. The van der Waals surface area contributed by atoms with Crippen molar-refractivity contribution in [2.75, 3.05) is 11.4 Å². The molecule has 1 aromatic heterocycles. The molecule has 0 aliphatic carbocycles. The first-order valence-electron chi connectivity index (χ1n) is 5.20. The van der Waals surface area contributed by atoms with Crippen molar-refractivity contribution in [2.24, 2.45) is 0 Å². The second-order valence-corrected chi connectivity index (χ2v) is 6.94. The van der Waals surface area contributed by atoms with Crippen molar-refractivity contribution in [1.29, 1.82) is 0 Å². The molecule has 2 rings (SSSR count). The van der Waals surface area contributed by atoms with E-state index in [1.165, 1.54) is 4.90 Å². The minimum absolute atomic E-state index is 0.0203. The topological polar surface area (TPSA) is 93.1 Å². The molecule has 0 radical (unpaired) electrons. The van der Waals surface area contributed by atoms with Crippen LogP contribution in [0.25, 0.3) is 0 Å². The second kappa shape index (κ2) is 4.43. The molecule has 0 aromatic carbocycles. The van der Waals surface area contributed by atoms with Crippen LogP contribution in [0.4, 0.5) is 5.95 Å². The number of nitrogens with zero attached hydrogens (tertiary/aromatic N) is 4. The summed E-state index contributed by atoms with van der Waals surface area (Å²) in [5, 5.41) is -0.913. The molecule has 1 aliphatic heterocycles. The van der Waals surface area contributed by atoms with Gasteiger partial charge >= 0.3 is 0 Å². The maximum absolute atomic E-state index is 11.8. The van der Waals surface area contributed by atoms with Crippen LogP contribution in [0.2, 0.25) is 0 Å². The summed E-state index contributed by atoms with van der Waals surface area (Å²) in [6.45, 7) is 3.33. The van der Waals surface area contributed by atoms with Crippen molar-refractivity contribution >= 4 is 31.6 Å². The van der Waals surface area contributed by atoms with Gasteiger partial charge in [-0.25, -0.2) is 13.4 Å². The number of hydrogen-bond acceptors (Lipinski definition) is 6. The number of carbonyl (C=O) groups is 1. The van der Waals surface area contributed by atoms with Crippen LogP contribution in [0, 0.1) is 13.8 Å². The van der Waals surface area contributed by atoms with E-state index in [1.807, 2.05) is 0 Å². The summed E-state index contributed by atoms with van der Waals surface area (Å²) in [6.07, 6.45) is -0.143. The summed E-state index contributed by atoms with van der Waals surface area (Å²) in [6, 6.07) is 0. The first-order valence-corrected chi connectivity index (χ1v) is 7.58. The van der Waals surface area contributed by atoms with Gasteiger partial charge in [0.15, 0.2) is 0 Å². The molecule has 18 heavy (non-hydrogen) atoms. The number of amides is 1. The van der Waals surface area contributed by atoms with E-state index in [0.717, 1.165) is 0 Å². The summed E-state index contributed by atoms with van der Waals surface area (Å²) in [5.74, 6) is 0.770. The van der Waals surface area contributed by atoms with Crippen LogP contribution in [-0.4, -0.2) is 41.1 Å². The second-order valence-electron chi connectivity index (χ2n) is 4.04. The van der Waals surface area contributed by atoms with Crippen molar-refractivity contribution in [1.82, 2.24) is 15.0 Å². The molecule has 0 spiro atoms. The van der Waals surface area contributed by atoms with E-state index in [0.29, 0.717) is 11.6 Å². The number of halogens is 1. The van der Waals surface area contributed by atoms with Gasteiger partial charge in [0.05, 0.1) is 0 Å². The van der Waals surface area contributed by atoms with E-state index in [9.17, 15) is 13.2 Å². The minimum atomic E-state index is -3.76. The normalized spacial score (nSPS) is 20.5. The van der Waals surface area contributed by atoms with Crippen molar-refractivity contribution < 1.29 is 13.2 Å². The van der Waals surface area contributed by atoms with Crippen LogP contribution in [0.15, 0.2) is 0 Å². The smallest absolute Gasteiger partial charge is 0.237 e. The van der Waals surface area contributed by atoms with Gasteiger partial charge in [-0.1, -0.05) is 0 Å². The highest BCUT2D eigenvalue weighted by molar-refractivity contribution is 8.14. The Balaban J connectivity index is 2.32. The Kier molecular flexibility index (Phi) is 3.24. The number of aryl methyl sites for hydroxylation is 2. The molecule has 0 saturated carbocycles. The lowest BCUT2D eigenvalue weighted by atomic mass is 10.4. The molecule has 1 aliphatic rings.